The summed E-state index contributed by atoms with van der Waals surface area (Å²) in [5.74, 6) is -2.44. The highest BCUT2D eigenvalue weighted by Crippen LogP contribution is 2.38. The van der Waals surface area contributed by atoms with Gasteiger partial charge in [0.05, 0.1) is 115 Å². The average Bonchev–Trinajstić information content (AvgIpc) is 1.78. The van der Waals surface area contributed by atoms with E-state index >= 15 is 4.39 Å². The minimum absolute atomic E-state index is 0.0737. The van der Waals surface area contributed by atoms with Gasteiger partial charge in [0.2, 0.25) is 29.5 Å². The van der Waals surface area contributed by atoms with E-state index in [4.69, 9.17) is 39.5 Å². The van der Waals surface area contributed by atoms with Crippen molar-refractivity contribution in [1.29, 1.82) is 0 Å². The summed E-state index contributed by atoms with van der Waals surface area (Å²) >= 11 is 0. The van der Waals surface area contributed by atoms with Crippen LogP contribution in [0, 0.1) is 5.82 Å². The molecule has 6 N–H and O–H groups in total. The molecule has 0 aliphatic carbocycles. The van der Waals surface area contributed by atoms with Crippen LogP contribution in [0.5, 0.6) is 0 Å². The first-order valence-corrected chi connectivity index (χ1v) is 30.2. The van der Waals surface area contributed by atoms with Gasteiger partial charge in [-0.2, -0.15) is 10.2 Å². The Balaban J connectivity index is 0.630. The van der Waals surface area contributed by atoms with Crippen LogP contribution in [0.3, 0.4) is 0 Å². The molecular formula is C62H80FN13O13. The summed E-state index contributed by atoms with van der Waals surface area (Å²) in [6.45, 7) is 9.66. The summed E-state index contributed by atoms with van der Waals surface area (Å²) in [7, 11) is 1.19. The van der Waals surface area contributed by atoms with Crippen molar-refractivity contribution >= 4 is 80.5 Å². The van der Waals surface area contributed by atoms with E-state index in [1.165, 1.54) is 42.1 Å². The number of halogens is 1. The summed E-state index contributed by atoms with van der Waals surface area (Å²) in [5, 5.41) is 20.8. The molecule has 26 nitrogen and oxygen atoms in total. The van der Waals surface area contributed by atoms with Crippen LogP contribution < -0.4 is 31.9 Å². The van der Waals surface area contributed by atoms with Crippen LogP contribution >= 0.6 is 0 Å². The second-order valence-corrected chi connectivity index (χ2v) is 21.8. The maximum atomic E-state index is 16.0. The number of aromatic nitrogens is 6. The number of rotatable bonds is 34. The summed E-state index contributed by atoms with van der Waals surface area (Å²) in [6.07, 6.45) is 8.12. The number of nitrogens with one attached hydrogen (secondary N) is 4. The molecule has 2 aliphatic rings. The van der Waals surface area contributed by atoms with E-state index in [1.54, 1.807) is 24.4 Å². The number of nitrogens with zero attached hydrogens (tertiary/aromatic N) is 8. The van der Waals surface area contributed by atoms with Crippen LogP contribution in [0.15, 0.2) is 67.0 Å². The van der Waals surface area contributed by atoms with Crippen LogP contribution in [0.1, 0.15) is 104 Å². The zero-order valence-corrected chi connectivity index (χ0v) is 50.7. The highest BCUT2D eigenvalue weighted by Gasteiger charge is 2.26. The number of methoxy groups -OCH3 is 1. The molecule has 89 heavy (non-hydrogen) atoms. The topological polar surface area (TPSA) is 317 Å². The van der Waals surface area contributed by atoms with Gasteiger partial charge in [-0.25, -0.2) is 19.0 Å². The Labute approximate surface area is 515 Å². The van der Waals surface area contributed by atoms with E-state index in [0.717, 1.165) is 55.0 Å². The van der Waals surface area contributed by atoms with Gasteiger partial charge in [-0.05, 0) is 85.4 Å². The number of nitrogens with two attached hydrogens (primary N) is 1. The predicted octanol–water partition coefficient (Wildman–Crippen LogP) is 4.76. The lowest BCUT2D eigenvalue weighted by Gasteiger charge is -2.32. The number of fused-ring (bicyclic) bond motifs is 2. The number of benzene rings is 3. The molecule has 5 amide bonds. The minimum atomic E-state index is -0.642. The maximum Gasteiger partial charge on any atom is 0.325 e. The molecular weight excluding hydrogens is 1150 g/mol. The number of carbonyl (C=O) groups excluding carboxylic acids is 7. The molecule has 0 spiro atoms. The molecule has 5 heterocycles. The van der Waals surface area contributed by atoms with Crippen molar-refractivity contribution in [2.75, 3.05) is 129 Å². The third kappa shape index (κ3) is 19.2. The number of amides is 5. The zero-order chi connectivity index (χ0) is 63.1. The first-order valence-electron chi connectivity index (χ1n) is 30.2. The summed E-state index contributed by atoms with van der Waals surface area (Å²) in [5.41, 5.74) is 9.83. The van der Waals surface area contributed by atoms with Crippen LogP contribution in [-0.2, 0) is 58.9 Å². The number of primary amides is 1. The lowest BCUT2D eigenvalue weighted by atomic mass is 9.89. The fourth-order valence-corrected chi connectivity index (χ4v) is 10.5. The molecule has 8 rings (SSSR count). The monoisotopic (exact) mass is 1230 g/mol. The standard InChI is InChI=1S/C62H80FN13O13/c1-41(2)59-58-46(8-7-9-49(58)75(72-59)40-54(79)66-38-53(78)67-39-57(82)84-3)47-35-50-44(34-48(47)63)36-69-76(50)56(81)15-14-52(77)65-19-25-86-27-29-88-31-33-89-32-30-87-28-26-85-24-18-55(80)74-22-16-43(17-23-74)42-10-12-45(13-11-42)70-62-60(61(64)83)68-37-51(71-62)73-20-5-4-6-21-73/h7-13,34-37,41,43H,4-6,14-33,38-40H2,1-3H3,(H2,64,83)(H,65,77)(H,66,79)(H,67,78)(H,70,71). The fourth-order valence-electron chi connectivity index (χ4n) is 10.5. The second-order valence-electron chi connectivity index (χ2n) is 21.8. The Bertz CT molecular complexity index is 3380. The Morgan fingerprint density at radius 2 is 1.35 bits per heavy atom. The van der Waals surface area contributed by atoms with Gasteiger partial charge < -0.3 is 65.2 Å². The van der Waals surface area contributed by atoms with E-state index < -0.39 is 35.4 Å². The molecule has 0 bridgehead atoms. The lowest BCUT2D eigenvalue weighted by Crippen LogP contribution is -2.40. The van der Waals surface area contributed by atoms with Gasteiger partial charge in [-0.3, -0.25) is 38.2 Å². The molecule has 3 aromatic heterocycles. The molecule has 0 saturated carbocycles. The number of likely N-dealkylation sites (tertiary alicyclic amines) is 1. The van der Waals surface area contributed by atoms with Crippen LogP contribution in [0.4, 0.5) is 21.7 Å². The summed E-state index contributed by atoms with van der Waals surface area (Å²) in [4.78, 5) is 101. The van der Waals surface area contributed by atoms with E-state index in [-0.39, 0.29) is 74.6 Å². The molecule has 0 atom stereocenters. The Morgan fingerprint density at radius 3 is 2.01 bits per heavy atom. The Morgan fingerprint density at radius 1 is 0.685 bits per heavy atom. The highest BCUT2D eigenvalue weighted by atomic mass is 19.1. The van der Waals surface area contributed by atoms with Crippen molar-refractivity contribution in [3.63, 3.8) is 0 Å². The number of hydrogen-bond donors (Lipinski definition) is 5. The van der Waals surface area contributed by atoms with Crippen molar-refractivity contribution in [2.24, 2.45) is 5.73 Å². The van der Waals surface area contributed by atoms with Gasteiger partial charge in [0.15, 0.2) is 11.5 Å². The van der Waals surface area contributed by atoms with Gasteiger partial charge in [-0.15, -0.1) is 0 Å². The lowest BCUT2D eigenvalue weighted by molar-refractivity contribution is -0.141. The van der Waals surface area contributed by atoms with Gasteiger partial charge in [0, 0.05) is 67.6 Å². The quantitative estimate of drug-likeness (QED) is 0.0269. The smallest absolute Gasteiger partial charge is 0.325 e. The molecule has 0 radical (unpaired) electrons. The first kappa shape index (κ1) is 66.5. The number of esters is 1. The SMILES string of the molecule is COC(=O)CNC(=O)CNC(=O)Cn1nc(C(C)C)c2c(-c3cc4c(cnn4C(=O)CCC(=O)NCCOCCOCCOCCOCCOCCC(=O)N4CCC(c5ccc(Nc6nc(N7CCCCC7)cnc6C(N)=O)cc5)CC4)cc3F)cccc21. The molecule has 0 unspecified atom stereocenters. The van der Waals surface area contributed by atoms with Crippen molar-refractivity contribution in [3.8, 4) is 11.1 Å². The highest BCUT2D eigenvalue weighted by molar-refractivity contribution is 6.01. The zero-order valence-electron chi connectivity index (χ0n) is 50.7. The maximum absolute atomic E-state index is 16.0. The molecule has 2 saturated heterocycles. The van der Waals surface area contributed by atoms with E-state index in [1.807, 2.05) is 30.9 Å². The van der Waals surface area contributed by atoms with Crippen molar-refractivity contribution in [2.45, 2.75) is 83.6 Å². The van der Waals surface area contributed by atoms with Crippen molar-refractivity contribution < 1.29 is 66.4 Å². The van der Waals surface area contributed by atoms with E-state index in [9.17, 15) is 33.6 Å². The van der Waals surface area contributed by atoms with Gasteiger partial charge in [0.1, 0.15) is 24.7 Å². The molecule has 27 heteroatoms. The summed E-state index contributed by atoms with van der Waals surface area (Å²) < 4.78 is 51.1. The van der Waals surface area contributed by atoms with Gasteiger partial charge in [-0.1, -0.05) is 38.1 Å². The van der Waals surface area contributed by atoms with Gasteiger partial charge in [0.25, 0.3) is 5.91 Å². The largest absolute Gasteiger partial charge is 0.468 e. The fraction of sp³-hybridized carbons (Fsp3) is 0.500. The number of piperidine rings is 2. The van der Waals surface area contributed by atoms with Crippen LogP contribution in [0.25, 0.3) is 32.9 Å². The number of carbonyl (C=O) groups is 7. The van der Waals surface area contributed by atoms with E-state index in [0.29, 0.717) is 124 Å². The minimum Gasteiger partial charge on any atom is -0.468 e. The first-order chi connectivity index (χ1) is 43.2. The molecule has 2 aliphatic heterocycles. The third-order valence-electron chi connectivity index (χ3n) is 15.2. The molecule has 2 fully saturated rings. The van der Waals surface area contributed by atoms with Crippen molar-refractivity contribution in [1.82, 2.24) is 50.4 Å². The average molecular weight is 1230 g/mol. The Hall–Kier alpha value is -8.50. The number of hydrogen-bond acceptors (Lipinski definition) is 19. The number of ether oxygens (including phenoxy) is 6. The second kappa shape index (κ2) is 33.7. The third-order valence-corrected chi connectivity index (χ3v) is 15.2. The van der Waals surface area contributed by atoms with Crippen LogP contribution in [-0.4, -0.2) is 195 Å². The van der Waals surface area contributed by atoms with Gasteiger partial charge >= 0.3 is 5.97 Å². The molecule has 3 aromatic carbocycles. The van der Waals surface area contributed by atoms with Crippen LogP contribution in [0.2, 0.25) is 0 Å². The normalized spacial score (nSPS) is 13.7. The molecule has 6 aromatic rings. The number of anilines is 3. The Kier molecular flexibility index (Phi) is 25.2. The predicted molar refractivity (Wildman–Crippen MR) is 327 cm³/mol. The van der Waals surface area contributed by atoms with E-state index in [2.05, 4.69) is 53.1 Å². The van der Waals surface area contributed by atoms with Crippen molar-refractivity contribution in [3.05, 3.63) is 89.8 Å². The summed E-state index contributed by atoms with van der Waals surface area (Å²) in [6, 6.07) is 16.1. The molecule has 478 valence electrons.